The fraction of sp³-hybridized carbons (Fsp3) is 0.455. The topological polar surface area (TPSA) is 103 Å². The van der Waals surface area contributed by atoms with E-state index in [0.29, 0.717) is 35.5 Å². The van der Waals surface area contributed by atoms with Crippen molar-refractivity contribution in [3.63, 3.8) is 0 Å². The van der Waals surface area contributed by atoms with Crippen molar-refractivity contribution in [2.24, 2.45) is 22.6 Å². The van der Waals surface area contributed by atoms with Crippen LogP contribution >= 0.6 is 0 Å². The molecule has 7 nitrogen and oxygen atoms in total. The number of alkyl halides is 3. The Morgan fingerprint density at radius 3 is 2.24 bits per heavy atom. The Labute approximate surface area is 324 Å². The number of carbonyl (C=O) groups excluding carboxylic acids is 1. The minimum Gasteiger partial charge on any atom is -0.391 e. The Bertz CT molecular complexity index is 1750. The van der Waals surface area contributed by atoms with Crippen LogP contribution in [0.2, 0.25) is 0 Å². The monoisotopic (exact) mass is 765 g/mol. The van der Waals surface area contributed by atoms with Gasteiger partial charge in [0, 0.05) is 29.9 Å². The quantitative estimate of drug-likeness (QED) is 0.0564. The highest BCUT2D eigenvalue weighted by molar-refractivity contribution is 6.05. The standard InChI is InChI=1S/C21H28F3N3O.C20H23FN2O.C3H8/c1-6-9-17(21(22,23)24)12-15(4)27(5)18-11-8-10-16(13-18)19(25)26-20(28)14(3)7-2;21-16-9-8-15(10-17(16)23-18-11-19(18)24)20(22-12-13-6-7-13)14-4-2-1-3-5-14;1-3-2/h8-14H,6-7H2,1-5H3,(H2,25,26,28);1-5,8-10,13,18-20,22-24H,6-7,11-12H2;3H2,1-2H3/b15-12-,17-9-;;. The number of hydrogen-bond donors (Lipinski definition) is 4. The van der Waals surface area contributed by atoms with Gasteiger partial charge in [-0.25, -0.2) is 4.39 Å². The number of aliphatic hydroxyl groups is 1. The number of carbonyl (C=O) groups is 1. The van der Waals surface area contributed by atoms with Gasteiger partial charge in [-0.05, 0) is 93.0 Å². The Kier molecular flexibility index (Phi) is 17.6. The molecule has 2 saturated carbocycles. The van der Waals surface area contributed by atoms with E-state index >= 15 is 0 Å². The lowest BCUT2D eigenvalue weighted by Crippen LogP contribution is -2.24. The number of hydrogen-bond acceptors (Lipinski definition) is 5. The average molecular weight is 766 g/mol. The van der Waals surface area contributed by atoms with Crippen molar-refractivity contribution in [1.82, 2.24) is 5.32 Å². The van der Waals surface area contributed by atoms with Crippen LogP contribution in [0.5, 0.6) is 0 Å². The van der Waals surface area contributed by atoms with Gasteiger partial charge in [0.15, 0.2) is 0 Å². The average Bonchev–Trinajstić information content (AvgIpc) is 4.11. The van der Waals surface area contributed by atoms with Crippen molar-refractivity contribution in [3.05, 3.63) is 119 Å². The molecule has 2 aliphatic carbocycles. The van der Waals surface area contributed by atoms with E-state index in [0.717, 1.165) is 30.2 Å². The van der Waals surface area contributed by atoms with E-state index in [9.17, 15) is 27.5 Å². The maximum atomic E-state index is 14.1. The van der Waals surface area contributed by atoms with Crippen LogP contribution in [0, 0.1) is 17.7 Å². The van der Waals surface area contributed by atoms with Gasteiger partial charge in [0.25, 0.3) is 0 Å². The molecule has 3 aromatic rings. The molecule has 11 heteroatoms. The highest BCUT2D eigenvalue weighted by atomic mass is 19.4. The minimum atomic E-state index is -4.41. The largest absolute Gasteiger partial charge is 0.416 e. The Morgan fingerprint density at radius 1 is 1.02 bits per heavy atom. The molecule has 0 heterocycles. The third-order valence-electron chi connectivity index (χ3n) is 9.30. The maximum absolute atomic E-state index is 14.1. The summed E-state index contributed by atoms with van der Waals surface area (Å²) in [5.74, 6) is 0.0712. The molecule has 0 saturated heterocycles. The zero-order chi connectivity index (χ0) is 40.7. The highest BCUT2D eigenvalue weighted by Gasteiger charge is 2.36. The fourth-order valence-electron chi connectivity index (χ4n) is 5.39. The van der Waals surface area contributed by atoms with Gasteiger partial charge in [0.2, 0.25) is 5.91 Å². The summed E-state index contributed by atoms with van der Waals surface area (Å²) in [6, 6.07) is 22.4. The first-order chi connectivity index (χ1) is 26.1. The van der Waals surface area contributed by atoms with Crippen LogP contribution < -0.4 is 21.3 Å². The number of nitrogens with one attached hydrogen (secondary N) is 2. The smallest absolute Gasteiger partial charge is 0.391 e. The molecule has 0 spiro atoms. The van der Waals surface area contributed by atoms with Crippen LogP contribution in [0.1, 0.15) is 103 Å². The first kappa shape index (κ1) is 44.9. The number of amidine groups is 1. The molecule has 0 aromatic heterocycles. The number of anilines is 2. The van der Waals surface area contributed by atoms with Crippen LogP contribution in [-0.4, -0.2) is 48.8 Å². The van der Waals surface area contributed by atoms with Gasteiger partial charge in [-0.1, -0.05) is 95.6 Å². The molecular weight excluding hydrogens is 707 g/mol. The molecule has 2 fully saturated rings. The van der Waals surface area contributed by atoms with Crippen LogP contribution in [-0.2, 0) is 4.79 Å². The molecule has 55 heavy (non-hydrogen) atoms. The molecule has 0 radical (unpaired) electrons. The highest BCUT2D eigenvalue weighted by Crippen LogP contribution is 2.33. The zero-order valence-corrected chi connectivity index (χ0v) is 33.3. The molecule has 4 unspecified atom stereocenters. The van der Waals surface area contributed by atoms with Crippen molar-refractivity contribution in [1.29, 1.82) is 0 Å². The second kappa shape index (κ2) is 21.6. The molecule has 0 bridgehead atoms. The van der Waals surface area contributed by atoms with Crippen molar-refractivity contribution >= 4 is 23.1 Å². The summed E-state index contributed by atoms with van der Waals surface area (Å²) in [6.45, 7) is 12.2. The van der Waals surface area contributed by atoms with Gasteiger partial charge in [-0.3, -0.25) is 4.79 Å². The number of nitrogens with two attached hydrogens (primary N) is 1. The first-order valence-corrected chi connectivity index (χ1v) is 19.3. The summed E-state index contributed by atoms with van der Waals surface area (Å²) < 4.78 is 53.5. The van der Waals surface area contributed by atoms with E-state index in [1.54, 1.807) is 57.0 Å². The van der Waals surface area contributed by atoms with Crippen LogP contribution in [0.4, 0.5) is 28.9 Å². The van der Waals surface area contributed by atoms with Gasteiger partial charge in [0.1, 0.15) is 11.7 Å². The predicted octanol–water partition coefficient (Wildman–Crippen LogP) is 10.1. The molecular formula is C44H59F4N5O2. The minimum absolute atomic E-state index is 0.0238. The summed E-state index contributed by atoms with van der Waals surface area (Å²) in [5, 5.41) is 16.2. The fourth-order valence-corrected chi connectivity index (χ4v) is 5.39. The molecule has 2 aliphatic rings. The second-order valence-corrected chi connectivity index (χ2v) is 14.3. The normalized spacial score (nSPS) is 18.2. The van der Waals surface area contributed by atoms with E-state index in [2.05, 4.69) is 41.6 Å². The summed E-state index contributed by atoms with van der Waals surface area (Å²) in [4.78, 5) is 17.5. The van der Waals surface area contributed by atoms with E-state index in [1.807, 2.05) is 37.3 Å². The molecule has 3 aromatic carbocycles. The van der Waals surface area contributed by atoms with Crippen LogP contribution in [0.25, 0.3) is 0 Å². The number of allylic oxidation sites excluding steroid dienone is 4. The molecule has 5 N–H and O–H groups in total. The predicted molar refractivity (Wildman–Crippen MR) is 218 cm³/mol. The number of nitrogens with zero attached hydrogens (tertiary/aromatic N) is 2. The molecule has 300 valence electrons. The lowest BCUT2D eigenvalue weighted by molar-refractivity contribution is -0.121. The van der Waals surface area contributed by atoms with Crippen molar-refractivity contribution in [3.8, 4) is 0 Å². The van der Waals surface area contributed by atoms with Gasteiger partial charge >= 0.3 is 6.18 Å². The number of amides is 1. The number of aliphatic hydroxyl groups excluding tert-OH is 1. The number of benzene rings is 3. The lowest BCUT2D eigenvalue weighted by atomic mass is 9.98. The van der Waals surface area contributed by atoms with Crippen molar-refractivity contribution in [2.75, 3.05) is 23.8 Å². The van der Waals surface area contributed by atoms with Gasteiger partial charge in [0.05, 0.1) is 29.4 Å². The van der Waals surface area contributed by atoms with E-state index in [1.165, 1.54) is 30.9 Å². The van der Waals surface area contributed by atoms with Gasteiger partial charge in [-0.2, -0.15) is 18.2 Å². The number of rotatable bonds is 14. The van der Waals surface area contributed by atoms with E-state index in [-0.39, 0.29) is 48.1 Å². The van der Waals surface area contributed by atoms with Crippen molar-refractivity contribution in [2.45, 2.75) is 104 Å². The Hall–Kier alpha value is -4.48. The molecule has 0 aliphatic heterocycles. The van der Waals surface area contributed by atoms with Crippen molar-refractivity contribution < 1.29 is 27.5 Å². The number of halogens is 4. The van der Waals surface area contributed by atoms with Crippen LogP contribution in [0.3, 0.4) is 0 Å². The lowest BCUT2D eigenvalue weighted by Gasteiger charge is -2.22. The zero-order valence-electron chi connectivity index (χ0n) is 33.3. The third-order valence-corrected chi connectivity index (χ3v) is 9.30. The SMILES string of the molecule is CC/C=C(/C=C(/C)N(C)c1cccc(C(N)=NC(=O)C(C)CC)c1)C(F)(F)F.CCC.OC1CC1Nc1cc(C(NCC2CC2)c2ccccc2)ccc1F. The summed E-state index contributed by atoms with van der Waals surface area (Å²) in [6.07, 6.45) is 2.97. The summed E-state index contributed by atoms with van der Waals surface area (Å²) in [7, 11) is 1.67. The molecule has 4 atom stereocenters. The number of aliphatic imine (C=N–C) groups is 1. The van der Waals surface area contributed by atoms with Crippen LogP contribution in [0.15, 0.2) is 101 Å². The van der Waals surface area contributed by atoms with Gasteiger partial charge < -0.3 is 26.4 Å². The Balaban J connectivity index is 0.000000277. The van der Waals surface area contributed by atoms with E-state index < -0.39 is 11.7 Å². The first-order valence-electron chi connectivity index (χ1n) is 19.3. The summed E-state index contributed by atoms with van der Waals surface area (Å²) in [5.41, 5.74) is 9.56. The maximum Gasteiger partial charge on any atom is 0.416 e. The molecule has 5 rings (SSSR count). The second-order valence-electron chi connectivity index (χ2n) is 14.3. The van der Waals surface area contributed by atoms with Gasteiger partial charge in [-0.15, -0.1) is 0 Å². The van der Waals surface area contributed by atoms with E-state index in [4.69, 9.17) is 5.73 Å². The molecule has 1 amide bonds. The summed E-state index contributed by atoms with van der Waals surface area (Å²) >= 11 is 0. The Morgan fingerprint density at radius 2 is 1.67 bits per heavy atom. The third kappa shape index (κ3) is 14.6.